The zero-order valence-corrected chi connectivity index (χ0v) is 9.43. The first-order chi connectivity index (χ1) is 8.97. The second-order valence-electron chi connectivity index (χ2n) is 3.61. The fourth-order valence-corrected chi connectivity index (χ4v) is 1.42. The maximum Gasteiger partial charge on any atom is 0.311 e. The van der Waals surface area contributed by atoms with E-state index >= 15 is 0 Å². The molecule has 6 nitrogen and oxygen atoms in total. The zero-order chi connectivity index (χ0) is 14.0. The third kappa shape index (κ3) is 2.73. The molecule has 2 rings (SSSR count). The van der Waals surface area contributed by atoms with Crippen LogP contribution in [0.4, 0.5) is 31.8 Å². The highest BCUT2D eigenvalue weighted by atomic mass is 19.1. The van der Waals surface area contributed by atoms with Crippen LogP contribution in [0.2, 0.25) is 0 Å². The third-order valence-corrected chi connectivity index (χ3v) is 2.29. The number of aromatic nitrogens is 1. The Morgan fingerprint density at radius 3 is 2.58 bits per heavy atom. The Morgan fingerprint density at radius 2 is 2.00 bits per heavy atom. The zero-order valence-electron chi connectivity index (χ0n) is 9.43. The molecule has 0 unspecified atom stereocenters. The molecule has 0 bridgehead atoms. The van der Waals surface area contributed by atoms with E-state index in [4.69, 9.17) is 5.73 Å². The monoisotopic (exact) mass is 266 g/mol. The molecule has 3 N–H and O–H groups in total. The molecule has 1 aromatic heterocycles. The van der Waals surface area contributed by atoms with E-state index in [2.05, 4.69) is 10.3 Å². The maximum atomic E-state index is 13.4. The van der Waals surface area contributed by atoms with E-state index in [-0.39, 0.29) is 23.0 Å². The summed E-state index contributed by atoms with van der Waals surface area (Å²) in [4.78, 5) is 13.6. The minimum absolute atomic E-state index is 0.0119. The van der Waals surface area contributed by atoms with E-state index in [1.165, 1.54) is 12.1 Å². The number of nitrogens with two attached hydrogens (primary N) is 1. The summed E-state index contributed by atoms with van der Waals surface area (Å²) < 4.78 is 26.1. The Kier molecular flexibility index (Phi) is 3.23. The number of hydrogen-bond donors (Lipinski definition) is 2. The van der Waals surface area contributed by atoms with Crippen LogP contribution in [0.3, 0.4) is 0 Å². The number of nitrogens with one attached hydrogen (secondary N) is 1. The van der Waals surface area contributed by atoms with Crippen LogP contribution in [0.25, 0.3) is 0 Å². The summed E-state index contributed by atoms with van der Waals surface area (Å²) in [5.74, 6) is -1.69. The SMILES string of the molecule is Nc1nc(Nc2ccc(F)cc2F)ccc1[N+](=O)[O-]. The van der Waals surface area contributed by atoms with Crippen LogP contribution in [0, 0.1) is 21.7 Å². The number of nitrogens with zero attached hydrogens (tertiary/aromatic N) is 2. The quantitative estimate of drug-likeness (QED) is 0.657. The molecule has 0 aliphatic carbocycles. The van der Waals surface area contributed by atoms with Crippen molar-refractivity contribution in [3.8, 4) is 0 Å². The van der Waals surface area contributed by atoms with Crippen molar-refractivity contribution in [3.63, 3.8) is 0 Å². The molecule has 0 saturated heterocycles. The lowest BCUT2D eigenvalue weighted by atomic mass is 10.3. The molecule has 0 fully saturated rings. The number of benzene rings is 1. The Hall–Kier alpha value is -2.77. The van der Waals surface area contributed by atoms with Crippen molar-refractivity contribution in [2.45, 2.75) is 0 Å². The molecule has 0 aliphatic heterocycles. The van der Waals surface area contributed by atoms with E-state index in [1.54, 1.807) is 0 Å². The first kappa shape index (κ1) is 12.7. The molecule has 0 amide bonds. The number of pyridine rings is 1. The molecule has 1 aromatic carbocycles. The largest absolute Gasteiger partial charge is 0.378 e. The predicted molar refractivity (Wildman–Crippen MR) is 64.9 cm³/mol. The number of nitrogen functional groups attached to an aromatic ring is 1. The van der Waals surface area contributed by atoms with Crippen molar-refractivity contribution in [1.82, 2.24) is 4.98 Å². The Labute approximate surface area is 106 Å². The summed E-state index contributed by atoms with van der Waals surface area (Å²) in [5.41, 5.74) is 5.04. The topological polar surface area (TPSA) is 94.1 Å². The van der Waals surface area contributed by atoms with Gasteiger partial charge in [0.1, 0.15) is 17.5 Å². The van der Waals surface area contributed by atoms with Crippen LogP contribution >= 0.6 is 0 Å². The van der Waals surface area contributed by atoms with Crippen molar-refractivity contribution >= 4 is 23.0 Å². The van der Waals surface area contributed by atoms with Gasteiger partial charge in [0.25, 0.3) is 0 Å². The summed E-state index contributed by atoms with van der Waals surface area (Å²) in [6, 6.07) is 5.38. The molecule has 0 saturated carbocycles. The standard InChI is InChI=1S/C11H8F2N4O2/c12-6-1-2-8(7(13)5-6)15-10-4-3-9(17(18)19)11(14)16-10/h1-5H,(H3,14,15,16). The van der Waals surface area contributed by atoms with Gasteiger partial charge in [0.2, 0.25) is 5.82 Å². The number of anilines is 3. The summed E-state index contributed by atoms with van der Waals surface area (Å²) >= 11 is 0. The second kappa shape index (κ2) is 4.84. The van der Waals surface area contributed by atoms with Gasteiger partial charge in [-0.2, -0.15) is 0 Å². The Bertz CT molecular complexity index is 649. The van der Waals surface area contributed by atoms with Crippen molar-refractivity contribution in [1.29, 1.82) is 0 Å². The molecule has 98 valence electrons. The van der Waals surface area contributed by atoms with Gasteiger partial charge < -0.3 is 11.1 Å². The van der Waals surface area contributed by atoms with Gasteiger partial charge in [-0.25, -0.2) is 13.8 Å². The highest BCUT2D eigenvalue weighted by Gasteiger charge is 2.13. The second-order valence-corrected chi connectivity index (χ2v) is 3.61. The maximum absolute atomic E-state index is 13.4. The van der Waals surface area contributed by atoms with E-state index in [9.17, 15) is 18.9 Å². The fraction of sp³-hybridized carbons (Fsp3) is 0. The van der Waals surface area contributed by atoms with Crippen molar-refractivity contribution < 1.29 is 13.7 Å². The van der Waals surface area contributed by atoms with Crippen LogP contribution in [0.15, 0.2) is 30.3 Å². The van der Waals surface area contributed by atoms with E-state index in [1.807, 2.05) is 0 Å². The normalized spacial score (nSPS) is 10.2. The van der Waals surface area contributed by atoms with Crippen molar-refractivity contribution in [2.24, 2.45) is 0 Å². The lowest BCUT2D eigenvalue weighted by Gasteiger charge is -2.07. The van der Waals surface area contributed by atoms with Gasteiger partial charge in [-0.1, -0.05) is 0 Å². The number of hydrogen-bond acceptors (Lipinski definition) is 5. The smallest absolute Gasteiger partial charge is 0.311 e. The molecular formula is C11H8F2N4O2. The van der Waals surface area contributed by atoms with Crippen molar-refractivity contribution in [2.75, 3.05) is 11.1 Å². The van der Waals surface area contributed by atoms with Gasteiger partial charge in [-0.3, -0.25) is 10.1 Å². The molecule has 0 aliphatic rings. The van der Waals surface area contributed by atoms with Gasteiger partial charge in [0, 0.05) is 12.1 Å². The first-order valence-electron chi connectivity index (χ1n) is 5.10. The Morgan fingerprint density at radius 1 is 1.26 bits per heavy atom. The summed E-state index contributed by atoms with van der Waals surface area (Å²) in [5, 5.41) is 13.1. The lowest BCUT2D eigenvalue weighted by Crippen LogP contribution is -2.02. The van der Waals surface area contributed by atoms with Crippen LogP contribution in [0.1, 0.15) is 0 Å². The number of rotatable bonds is 3. The van der Waals surface area contributed by atoms with E-state index in [0.29, 0.717) is 6.07 Å². The van der Waals surface area contributed by atoms with Crippen LogP contribution in [0.5, 0.6) is 0 Å². The molecular weight excluding hydrogens is 258 g/mol. The molecule has 0 atom stereocenters. The molecule has 19 heavy (non-hydrogen) atoms. The van der Waals surface area contributed by atoms with E-state index < -0.39 is 16.6 Å². The van der Waals surface area contributed by atoms with Crippen LogP contribution < -0.4 is 11.1 Å². The predicted octanol–water partition coefficient (Wildman–Crippen LogP) is 2.59. The Balaban J connectivity index is 2.29. The average Bonchev–Trinajstić information content (AvgIpc) is 2.32. The van der Waals surface area contributed by atoms with Gasteiger partial charge in [-0.15, -0.1) is 0 Å². The average molecular weight is 266 g/mol. The molecule has 1 heterocycles. The number of halogens is 2. The summed E-state index contributed by atoms with van der Waals surface area (Å²) in [7, 11) is 0. The minimum atomic E-state index is -0.807. The fourth-order valence-electron chi connectivity index (χ4n) is 1.42. The van der Waals surface area contributed by atoms with Crippen LogP contribution in [-0.2, 0) is 0 Å². The van der Waals surface area contributed by atoms with Gasteiger partial charge in [-0.05, 0) is 18.2 Å². The molecule has 8 heteroatoms. The molecule has 0 radical (unpaired) electrons. The van der Waals surface area contributed by atoms with E-state index in [0.717, 1.165) is 12.1 Å². The summed E-state index contributed by atoms with van der Waals surface area (Å²) in [6.07, 6.45) is 0. The summed E-state index contributed by atoms with van der Waals surface area (Å²) in [6.45, 7) is 0. The third-order valence-electron chi connectivity index (χ3n) is 2.29. The number of nitro groups is 1. The van der Waals surface area contributed by atoms with Crippen molar-refractivity contribution in [3.05, 3.63) is 52.1 Å². The van der Waals surface area contributed by atoms with Gasteiger partial charge in [0.05, 0.1) is 10.6 Å². The minimum Gasteiger partial charge on any atom is -0.378 e. The highest BCUT2D eigenvalue weighted by molar-refractivity contribution is 5.62. The lowest BCUT2D eigenvalue weighted by molar-refractivity contribution is -0.384. The highest BCUT2D eigenvalue weighted by Crippen LogP contribution is 2.24. The van der Waals surface area contributed by atoms with Gasteiger partial charge >= 0.3 is 5.69 Å². The first-order valence-corrected chi connectivity index (χ1v) is 5.10. The van der Waals surface area contributed by atoms with Gasteiger partial charge in [0.15, 0.2) is 0 Å². The molecule has 0 spiro atoms. The molecule has 2 aromatic rings. The van der Waals surface area contributed by atoms with Crippen LogP contribution in [-0.4, -0.2) is 9.91 Å².